The van der Waals surface area contributed by atoms with Crippen LogP contribution in [0.2, 0.25) is 0 Å². The molecule has 1 fully saturated rings. The van der Waals surface area contributed by atoms with E-state index >= 15 is 0 Å². The van der Waals surface area contributed by atoms with Crippen molar-refractivity contribution >= 4 is 11.8 Å². The number of halogens is 2. The lowest BCUT2D eigenvalue weighted by Gasteiger charge is -1.93. The summed E-state index contributed by atoms with van der Waals surface area (Å²) in [4.78, 5) is 0. The minimum Gasteiger partial charge on any atom is -0.207 e. The Labute approximate surface area is 58.0 Å². The summed E-state index contributed by atoms with van der Waals surface area (Å²) in [5.41, 5.74) is 0. The van der Waals surface area contributed by atoms with Gasteiger partial charge in [0.25, 0.3) is 5.92 Å². The van der Waals surface area contributed by atoms with Crippen LogP contribution in [-0.2, 0) is 0 Å². The molecule has 0 unspecified atom stereocenters. The molecule has 0 amide bonds. The fourth-order valence-electron chi connectivity index (χ4n) is 0.843. The van der Waals surface area contributed by atoms with Gasteiger partial charge in [0.1, 0.15) is 0 Å². The highest BCUT2D eigenvalue weighted by atomic mass is 32.2. The molecule has 3 heteroatoms. The Morgan fingerprint density at radius 1 is 1.67 bits per heavy atom. The zero-order chi connectivity index (χ0) is 6.91. The van der Waals surface area contributed by atoms with E-state index in [1.807, 2.05) is 6.26 Å². The lowest BCUT2D eigenvalue weighted by molar-refractivity contribution is 0.0983. The Balaban J connectivity index is 2.06. The van der Waals surface area contributed by atoms with Crippen molar-refractivity contribution in [2.75, 3.05) is 12.0 Å². The summed E-state index contributed by atoms with van der Waals surface area (Å²) in [6.07, 6.45) is 2.77. The van der Waals surface area contributed by atoms with Crippen molar-refractivity contribution in [1.82, 2.24) is 0 Å². The molecular weight excluding hydrogens is 142 g/mol. The molecule has 0 aliphatic heterocycles. The summed E-state index contributed by atoms with van der Waals surface area (Å²) in [6, 6.07) is 0. The average molecular weight is 152 g/mol. The Kier molecular flexibility index (Phi) is 1.99. The van der Waals surface area contributed by atoms with Gasteiger partial charge in [0, 0.05) is 12.3 Å². The first kappa shape index (κ1) is 7.32. The molecule has 0 saturated heterocycles. The van der Waals surface area contributed by atoms with Gasteiger partial charge in [-0.15, -0.1) is 0 Å². The van der Waals surface area contributed by atoms with E-state index in [9.17, 15) is 8.78 Å². The second-order valence-corrected chi connectivity index (χ2v) is 3.43. The van der Waals surface area contributed by atoms with Gasteiger partial charge in [-0.05, 0) is 18.4 Å². The van der Waals surface area contributed by atoms with E-state index in [4.69, 9.17) is 0 Å². The van der Waals surface area contributed by atoms with Gasteiger partial charge in [0.05, 0.1) is 0 Å². The van der Waals surface area contributed by atoms with Gasteiger partial charge >= 0.3 is 0 Å². The van der Waals surface area contributed by atoms with Crippen LogP contribution in [0.3, 0.4) is 0 Å². The third-order valence-corrected chi connectivity index (χ3v) is 2.27. The first-order valence-corrected chi connectivity index (χ1v) is 4.43. The van der Waals surface area contributed by atoms with Crippen LogP contribution >= 0.6 is 11.8 Å². The zero-order valence-corrected chi connectivity index (χ0v) is 6.18. The zero-order valence-electron chi connectivity index (χ0n) is 5.36. The molecule has 0 N–H and O–H groups in total. The summed E-state index contributed by atoms with van der Waals surface area (Å²) in [5.74, 6) is -1.71. The van der Waals surface area contributed by atoms with Crippen molar-refractivity contribution in [3.8, 4) is 0 Å². The van der Waals surface area contributed by atoms with Gasteiger partial charge in [0.2, 0.25) is 0 Å². The molecule has 1 rings (SSSR count). The van der Waals surface area contributed by atoms with Gasteiger partial charge in [0.15, 0.2) is 0 Å². The Hall–Kier alpha value is 0.210. The molecule has 0 aromatic carbocycles. The highest BCUT2D eigenvalue weighted by Gasteiger charge is 2.55. The molecule has 1 saturated carbocycles. The first-order chi connectivity index (χ1) is 4.17. The van der Waals surface area contributed by atoms with Crippen molar-refractivity contribution in [3.05, 3.63) is 0 Å². The molecule has 0 radical (unpaired) electrons. The minimum atomic E-state index is -2.30. The van der Waals surface area contributed by atoms with E-state index in [1.54, 1.807) is 11.8 Å². The fourth-order valence-corrected chi connectivity index (χ4v) is 1.36. The number of alkyl halides is 2. The van der Waals surface area contributed by atoms with Crippen LogP contribution in [-0.4, -0.2) is 17.9 Å². The van der Waals surface area contributed by atoms with Crippen molar-refractivity contribution in [3.63, 3.8) is 0 Å². The molecule has 0 nitrogen and oxygen atoms in total. The monoisotopic (exact) mass is 152 g/mol. The van der Waals surface area contributed by atoms with E-state index in [-0.39, 0.29) is 12.3 Å². The Bertz CT molecular complexity index is 103. The SMILES string of the molecule is CSCC[C@@H]1CC1(F)F. The summed E-state index contributed by atoms with van der Waals surface area (Å²) in [6.45, 7) is 0. The number of rotatable bonds is 3. The summed E-state index contributed by atoms with van der Waals surface area (Å²) >= 11 is 1.64. The van der Waals surface area contributed by atoms with E-state index in [0.29, 0.717) is 6.42 Å². The van der Waals surface area contributed by atoms with Crippen LogP contribution < -0.4 is 0 Å². The largest absolute Gasteiger partial charge is 0.251 e. The normalized spacial score (nSPS) is 30.3. The smallest absolute Gasteiger partial charge is 0.207 e. The molecule has 9 heavy (non-hydrogen) atoms. The average Bonchev–Trinajstić information content (AvgIpc) is 2.35. The van der Waals surface area contributed by atoms with Crippen molar-refractivity contribution in [1.29, 1.82) is 0 Å². The van der Waals surface area contributed by atoms with E-state index in [1.165, 1.54) is 0 Å². The molecule has 0 aromatic rings. The molecule has 1 aliphatic carbocycles. The highest BCUT2D eigenvalue weighted by molar-refractivity contribution is 7.98. The standard InChI is InChI=1S/C6H10F2S/c1-9-3-2-5-4-6(5,7)8/h5H,2-4H2,1H3/t5-/m1/s1. The molecule has 0 heterocycles. The minimum absolute atomic E-state index is 0.133. The molecule has 0 bridgehead atoms. The van der Waals surface area contributed by atoms with Crippen LogP contribution in [0.25, 0.3) is 0 Å². The first-order valence-electron chi connectivity index (χ1n) is 3.03. The number of thioether (sulfide) groups is 1. The maximum absolute atomic E-state index is 12.1. The number of hydrogen-bond donors (Lipinski definition) is 0. The van der Waals surface area contributed by atoms with Crippen LogP contribution in [0.1, 0.15) is 12.8 Å². The van der Waals surface area contributed by atoms with Crippen molar-refractivity contribution < 1.29 is 8.78 Å². The van der Waals surface area contributed by atoms with Crippen LogP contribution in [0.4, 0.5) is 8.78 Å². The maximum atomic E-state index is 12.1. The van der Waals surface area contributed by atoms with E-state index in [0.717, 1.165) is 5.75 Å². The fraction of sp³-hybridized carbons (Fsp3) is 1.00. The molecule has 54 valence electrons. The maximum Gasteiger partial charge on any atom is 0.251 e. The lowest BCUT2D eigenvalue weighted by atomic mass is 10.3. The van der Waals surface area contributed by atoms with Gasteiger partial charge < -0.3 is 0 Å². The molecule has 0 spiro atoms. The third-order valence-electron chi connectivity index (χ3n) is 1.63. The summed E-state index contributed by atoms with van der Waals surface area (Å²) in [7, 11) is 0. The molecule has 1 atom stereocenters. The lowest BCUT2D eigenvalue weighted by Crippen LogP contribution is -1.94. The van der Waals surface area contributed by atoms with Crippen molar-refractivity contribution in [2.24, 2.45) is 5.92 Å². The molecule has 0 aromatic heterocycles. The molecule has 1 aliphatic rings. The van der Waals surface area contributed by atoms with Gasteiger partial charge in [-0.3, -0.25) is 0 Å². The second kappa shape index (κ2) is 2.45. The quantitative estimate of drug-likeness (QED) is 0.598. The van der Waals surface area contributed by atoms with Gasteiger partial charge in [-0.1, -0.05) is 0 Å². The topological polar surface area (TPSA) is 0 Å². The highest BCUT2D eigenvalue weighted by Crippen LogP contribution is 2.50. The predicted molar refractivity (Wildman–Crippen MR) is 36.1 cm³/mol. The molecular formula is C6H10F2S. The Morgan fingerprint density at radius 2 is 2.22 bits per heavy atom. The summed E-state index contributed by atoms with van der Waals surface area (Å²) < 4.78 is 24.2. The van der Waals surface area contributed by atoms with Crippen LogP contribution in [0, 0.1) is 5.92 Å². The Morgan fingerprint density at radius 3 is 2.56 bits per heavy atom. The number of hydrogen-bond acceptors (Lipinski definition) is 1. The van der Waals surface area contributed by atoms with Gasteiger partial charge in [-0.2, -0.15) is 11.8 Å². The van der Waals surface area contributed by atoms with E-state index < -0.39 is 5.92 Å². The van der Waals surface area contributed by atoms with Crippen molar-refractivity contribution in [2.45, 2.75) is 18.8 Å². The third kappa shape index (κ3) is 1.81. The summed E-state index contributed by atoms with van der Waals surface area (Å²) in [5, 5.41) is 0. The van der Waals surface area contributed by atoms with Crippen LogP contribution in [0.5, 0.6) is 0 Å². The second-order valence-electron chi connectivity index (χ2n) is 2.44. The van der Waals surface area contributed by atoms with E-state index in [2.05, 4.69) is 0 Å². The predicted octanol–water partition coefficient (Wildman–Crippen LogP) is 2.39. The van der Waals surface area contributed by atoms with Gasteiger partial charge in [-0.25, -0.2) is 8.78 Å². The van der Waals surface area contributed by atoms with Crippen LogP contribution in [0.15, 0.2) is 0 Å².